The van der Waals surface area contributed by atoms with Crippen LogP contribution in [0.3, 0.4) is 0 Å². The smallest absolute Gasteiger partial charge is 0.354 e. The Kier molecular flexibility index (Phi) is 7.43. The Morgan fingerprint density at radius 1 is 1.16 bits per heavy atom. The highest BCUT2D eigenvalue weighted by Gasteiger charge is 2.28. The second-order valence-electron chi connectivity index (χ2n) is 4.48. The topological polar surface area (TPSA) is 70.2 Å². The maximum atomic E-state index is 11.9. The van der Waals surface area contributed by atoms with Gasteiger partial charge in [-0.25, -0.2) is 0 Å². The average Bonchev–Trinajstić information content (AvgIpc) is 2.23. The van der Waals surface area contributed by atoms with Gasteiger partial charge in [-0.1, -0.05) is 0 Å². The number of carbonyl (C=O) groups excluding carboxylic acids is 2. The van der Waals surface area contributed by atoms with Gasteiger partial charge in [0.05, 0.1) is 6.04 Å². The quantitative estimate of drug-likeness (QED) is 0.639. The third kappa shape index (κ3) is 10.3. The molecule has 1 atom stereocenters. The van der Waals surface area contributed by atoms with Crippen molar-refractivity contribution in [2.75, 3.05) is 13.1 Å². The number of alkyl halides is 3. The van der Waals surface area contributed by atoms with E-state index in [9.17, 15) is 22.8 Å². The van der Waals surface area contributed by atoms with Crippen LogP contribution in [-0.2, 0) is 9.59 Å². The van der Waals surface area contributed by atoms with E-state index in [1.807, 2.05) is 13.8 Å². The predicted octanol–water partition coefficient (Wildman–Crippen LogP) is 0.558. The third-order valence-electron chi connectivity index (χ3n) is 2.11. The molecule has 0 aliphatic rings. The van der Waals surface area contributed by atoms with E-state index in [0.717, 1.165) is 0 Å². The monoisotopic (exact) mass is 283 g/mol. The van der Waals surface area contributed by atoms with Crippen LogP contribution in [0.5, 0.6) is 0 Å². The summed E-state index contributed by atoms with van der Waals surface area (Å²) in [6.45, 7) is 3.94. The minimum atomic E-state index is -4.42. The molecule has 1 unspecified atom stereocenters. The van der Waals surface area contributed by atoms with Gasteiger partial charge in [0.15, 0.2) is 0 Å². The maximum Gasteiger partial charge on any atom is 0.405 e. The van der Waals surface area contributed by atoms with Gasteiger partial charge in [0, 0.05) is 19.0 Å². The second-order valence-corrected chi connectivity index (χ2v) is 4.48. The summed E-state index contributed by atoms with van der Waals surface area (Å²) in [5, 5.41) is 7.11. The molecule has 0 saturated heterocycles. The molecule has 112 valence electrons. The van der Waals surface area contributed by atoms with Crippen LogP contribution in [0.4, 0.5) is 13.2 Å². The van der Waals surface area contributed by atoms with Gasteiger partial charge in [-0.2, -0.15) is 13.2 Å². The molecule has 0 bridgehead atoms. The van der Waals surface area contributed by atoms with Crippen molar-refractivity contribution in [2.45, 2.75) is 45.5 Å². The number of hydrogen-bond acceptors (Lipinski definition) is 3. The normalized spacial score (nSPS) is 13.2. The Hall–Kier alpha value is -1.31. The van der Waals surface area contributed by atoms with Crippen molar-refractivity contribution in [1.29, 1.82) is 0 Å². The Balaban J connectivity index is 3.82. The standard InChI is InChI=1S/C11H20F3N3O2/c1-7(2)17-9(18)4-5-15-8(3)10(19)16-6-11(12,13)14/h7-8,15H,4-6H2,1-3H3,(H,16,19)(H,17,18). The van der Waals surface area contributed by atoms with Gasteiger partial charge in [-0.3, -0.25) is 9.59 Å². The van der Waals surface area contributed by atoms with E-state index < -0.39 is 24.7 Å². The Morgan fingerprint density at radius 3 is 2.21 bits per heavy atom. The Bertz CT molecular complexity index is 306. The lowest BCUT2D eigenvalue weighted by Crippen LogP contribution is -2.46. The van der Waals surface area contributed by atoms with E-state index in [1.54, 1.807) is 5.32 Å². The first kappa shape index (κ1) is 17.7. The highest BCUT2D eigenvalue weighted by atomic mass is 19.4. The number of nitrogens with one attached hydrogen (secondary N) is 3. The maximum absolute atomic E-state index is 11.9. The fraction of sp³-hybridized carbons (Fsp3) is 0.818. The first-order chi connectivity index (χ1) is 8.61. The zero-order valence-electron chi connectivity index (χ0n) is 11.2. The summed E-state index contributed by atoms with van der Waals surface area (Å²) >= 11 is 0. The minimum absolute atomic E-state index is 0.0278. The molecule has 2 amide bonds. The zero-order chi connectivity index (χ0) is 15.1. The van der Waals surface area contributed by atoms with Crippen molar-refractivity contribution in [3.05, 3.63) is 0 Å². The van der Waals surface area contributed by atoms with Gasteiger partial charge >= 0.3 is 6.18 Å². The molecule has 0 aliphatic carbocycles. The first-order valence-electron chi connectivity index (χ1n) is 5.99. The Labute approximate surface area is 110 Å². The summed E-state index contributed by atoms with van der Waals surface area (Å²) in [6, 6.07) is -0.755. The molecule has 0 aromatic carbocycles. The molecule has 0 rings (SSSR count). The van der Waals surface area contributed by atoms with Crippen molar-refractivity contribution in [3.8, 4) is 0 Å². The van der Waals surface area contributed by atoms with Gasteiger partial charge in [0.1, 0.15) is 6.54 Å². The summed E-state index contributed by atoms with van der Waals surface area (Å²) in [5.41, 5.74) is 0. The largest absolute Gasteiger partial charge is 0.405 e. The fourth-order valence-corrected chi connectivity index (χ4v) is 1.23. The van der Waals surface area contributed by atoms with Gasteiger partial charge < -0.3 is 16.0 Å². The predicted molar refractivity (Wildman–Crippen MR) is 64.4 cm³/mol. The van der Waals surface area contributed by atoms with E-state index in [-0.39, 0.29) is 24.9 Å². The van der Waals surface area contributed by atoms with Gasteiger partial charge in [-0.15, -0.1) is 0 Å². The summed E-state index contributed by atoms with van der Waals surface area (Å²) in [6.07, 6.45) is -4.26. The lowest BCUT2D eigenvalue weighted by Gasteiger charge is -2.15. The van der Waals surface area contributed by atoms with Crippen LogP contribution in [0.25, 0.3) is 0 Å². The number of halogens is 3. The Morgan fingerprint density at radius 2 is 1.74 bits per heavy atom. The van der Waals surface area contributed by atoms with Crippen LogP contribution >= 0.6 is 0 Å². The molecular formula is C11H20F3N3O2. The molecule has 3 N–H and O–H groups in total. The van der Waals surface area contributed by atoms with E-state index in [1.165, 1.54) is 6.92 Å². The van der Waals surface area contributed by atoms with E-state index >= 15 is 0 Å². The van der Waals surface area contributed by atoms with Crippen LogP contribution in [0.2, 0.25) is 0 Å². The molecule has 0 aliphatic heterocycles. The van der Waals surface area contributed by atoms with Crippen LogP contribution < -0.4 is 16.0 Å². The lowest BCUT2D eigenvalue weighted by atomic mass is 10.3. The van der Waals surface area contributed by atoms with E-state index in [0.29, 0.717) is 0 Å². The summed E-state index contributed by atoms with van der Waals surface area (Å²) < 4.78 is 35.6. The molecule has 0 radical (unpaired) electrons. The molecule has 0 saturated carbocycles. The van der Waals surface area contributed by atoms with Crippen LogP contribution in [0.15, 0.2) is 0 Å². The summed E-state index contributed by atoms with van der Waals surface area (Å²) in [7, 11) is 0. The molecule has 0 fully saturated rings. The molecule has 5 nitrogen and oxygen atoms in total. The molecule has 19 heavy (non-hydrogen) atoms. The molecule has 0 aromatic heterocycles. The third-order valence-corrected chi connectivity index (χ3v) is 2.11. The van der Waals surface area contributed by atoms with Gasteiger partial charge in [0.25, 0.3) is 0 Å². The van der Waals surface area contributed by atoms with Gasteiger partial charge in [-0.05, 0) is 20.8 Å². The fourth-order valence-electron chi connectivity index (χ4n) is 1.23. The van der Waals surface area contributed by atoms with Crippen LogP contribution in [0, 0.1) is 0 Å². The van der Waals surface area contributed by atoms with E-state index in [4.69, 9.17) is 0 Å². The summed E-state index contributed by atoms with van der Waals surface area (Å²) in [5.74, 6) is -0.924. The average molecular weight is 283 g/mol. The van der Waals surface area contributed by atoms with Crippen LogP contribution in [-0.4, -0.2) is 43.2 Å². The van der Waals surface area contributed by atoms with Gasteiger partial charge in [0.2, 0.25) is 11.8 Å². The summed E-state index contributed by atoms with van der Waals surface area (Å²) in [4.78, 5) is 22.5. The highest BCUT2D eigenvalue weighted by Crippen LogP contribution is 2.12. The molecular weight excluding hydrogens is 263 g/mol. The van der Waals surface area contributed by atoms with Crippen molar-refractivity contribution < 1.29 is 22.8 Å². The van der Waals surface area contributed by atoms with Crippen molar-refractivity contribution in [2.24, 2.45) is 0 Å². The molecule has 0 spiro atoms. The highest BCUT2D eigenvalue weighted by molar-refractivity contribution is 5.81. The molecule has 0 heterocycles. The lowest BCUT2D eigenvalue weighted by molar-refractivity contribution is -0.139. The zero-order valence-corrected chi connectivity index (χ0v) is 11.2. The molecule has 0 aromatic rings. The van der Waals surface area contributed by atoms with Crippen molar-refractivity contribution in [1.82, 2.24) is 16.0 Å². The second kappa shape index (κ2) is 7.98. The van der Waals surface area contributed by atoms with Crippen molar-refractivity contribution >= 4 is 11.8 Å². The van der Waals surface area contributed by atoms with E-state index in [2.05, 4.69) is 10.6 Å². The SMILES string of the molecule is CC(C)NC(=O)CCNC(C)C(=O)NCC(F)(F)F. The molecule has 8 heteroatoms. The van der Waals surface area contributed by atoms with Crippen molar-refractivity contribution in [3.63, 3.8) is 0 Å². The minimum Gasteiger partial charge on any atom is -0.354 e. The first-order valence-corrected chi connectivity index (χ1v) is 5.99. The number of rotatable bonds is 7. The number of carbonyl (C=O) groups is 2. The number of hydrogen-bond donors (Lipinski definition) is 3. The van der Waals surface area contributed by atoms with Crippen LogP contribution in [0.1, 0.15) is 27.2 Å². The number of amides is 2.